The smallest absolute Gasteiger partial charge is 0.309 e. The normalized spacial score (nSPS) is 13.2. The molecule has 1 N–H and O–H groups in total. The lowest BCUT2D eigenvalue weighted by atomic mass is 9.95. The Kier molecular flexibility index (Phi) is 4.88. The van der Waals surface area contributed by atoms with Gasteiger partial charge in [0.25, 0.3) is 0 Å². The molecular formula is C15H14F3IN2. The Morgan fingerprint density at radius 3 is 2.52 bits per heavy atom. The summed E-state index contributed by atoms with van der Waals surface area (Å²) in [6.45, 7) is 1.94. The summed E-state index contributed by atoms with van der Waals surface area (Å²) in [6.07, 6.45) is -1.95. The number of nitrogens with one attached hydrogen (secondary N) is 1. The van der Waals surface area contributed by atoms with Gasteiger partial charge in [-0.05, 0) is 53.8 Å². The van der Waals surface area contributed by atoms with Crippen molar-refractivity contribution in [3.63, 3.8) is 0 Å². The van der Waals surface area contributed by atoms with Crippen LogP contribution < -0.4 is 5.32 Å². The average molecular weight is 406 g/mol. The van der Waals surface area contributed by atoms with Crippen molar-refractivity contribution in [3.8, 4) is 0 Å². The Labute approximate surface area is 134 Å². The van der Waals surface area contributed by atoms with E-state index in [0.717, 1.165) is 20.8 Å². The van der Waals surface area contributed by atoms with Crippen molar-refractivity contribution >= 4 is 22.6 Å². The highest BCUT2D eigenvalue weighted by Crippen LogP contribution is 2.37. The monoisotopic (exact) mass is 406 g/mol. The molecule has 1 aromatic carbocycles. The summed E-state index contributed by atoms with van der Waals surface area (Å²) in [5.74, 6) is 0. The summed E-state index contributed by atoms with van der Waals surface area (Å²) in [4.78, 5) is 3.86. The van der Waals surface area contributed by atoms with E-state index in [0.29, 0.717) is 0 Å². The summed E-state index contributed by atoms with van der Waals surface area (Å²) in [7, 11) is 1.65. The number of halogens is 4. The van der Waals surface area contributed by atoms with Crippen molar-refractivity contribution in [1.82, 2.24) is 10.3 Å². The minimum Gasteiger partial charge on any atom is -0.309 e. The molecule has 2 aromatic rings. The van der Waals surface area contributed by atoms with Crippen LogP contribution in [0.25, 0.3) is 0 Å². The SMILES string of the molecule is CNC(c1cnccc1C(F)(F)F)c1cccc(C)c1I. The first-order valence-electron chi connectivity index (χ1n) is 6.29. The van der Waals surface area contributed by atoms with E-state index >= 15 is 0 Å². The van der Waals surface area contributed by atoms with Crippen LogP contribution in [-0.2, 0) is 6.18 Å². The largest absolute Gasteiger partial charge is 0.416 e. The summed E-state index contributed by atoms with van der Waals surface area (Å²) < 4.78 is 40.5. The maximum absolute atomic E-state index is 13.2. The number of rotatable bonds is 3. The van der Waals surface area contributed by atoms with Gasteiger partial charge in [-0.15, -0.1) is 0 Å². The van der Waals surface area contributed by atoms with Crippen LogP contribution in [0.1, 0.15) is 28.3 Å². The van der Waals surface area contributed by atoms with Crippen LogP contribution in [0.2, 0.25) is 0 Å². The van der Waals surface area contributed by atoms with E-state index < -0.39 is 17.8 Å². The summed E-state index contributed by atoms with van der Waals surface area (Å²) in [6, 6.07) is 6.08. The van der Waals surface area contributed by atoms with Crippen molar-refractivity contribution < 1.29 is 13.2 Å². The van der Waals surface area contributed by atoms with E-state index in [9.17, 15) is 13.2 Å². The van der Waals surface area contributed by atoms with Gasteiger partial charge in [0.15, 0.2) is 0 Å². The first kappa shape index (κ1) is 16.2. The molecule has 0 radical (unpaired) electrons. The first-order chi connectivity index (χ1) is 9.86. The van der Waals surface area contributed by atoms with Crippen LogP contribution in [0, 0.1) is 10.5 Å². The second kappa shape index (κ2) is 6.31. The predicted octanol–water partition coefficient (Wildman–Crippen LogP) is 4.32. The second-order valence-corrected chi connectivity index (χ2v) is 5.74. The Morgan fingerprint density at radius 2 is 1.90 bits per heavy atom. The standard InChI is InChI=1S/C15H14F3IN2/c1-9-4-3-5-10(13(9)19)14(20-2)11-8-21-7-6-12(11)15(16,17)18/h3-8,14,20H,1-2H3. The number of benzene rings is 1. The van der Waals surface area contributed by atoms with Crippen LogP contribution in [0.15, 0.2) is 36.7 Å². The molecule has 112 valence electrons. The second-order valence-electron chi connectivity index (χ2n) is 4.66. The van der Waals surface area contributed by atoms with E-state index in [2.05, 4.69) is 32.9 Å². The maximum Gasteiger partial charge on any atom is 0.416 e. The molecule has 0 spiro atoms. The van der Waals surface area contributed by atoms with E-state index in [1.54, 1.807) is 7.05 Å². The van der Waals surface area contributed by atoms with Gasteiger partial charge >= 0.3 is 6.18 Å². The summed E-state index contributed by atoms with van der Waals surface area (Å²) in [5.41, 5.74) is 1.33. The number of aromatic nitrogens is 1. The number of nitrogens with zero attached hydrogens (tertiary/aromatic N) is 1. The molecule has 6 heteroatoms. The van der Waals surface area contributed by atoms with E-state index in [4.69, 9.17) is 0 Å². The van der Waals surface area contributed by atoms with E-state index in [1.165, 1.54) is 12.4 Å². The lowest BCUT2D eigenvalue weighted by molar-refractivity contribution is -0.138. The first-order valence-corrected chi connectivity index (χ1v) is 7.37. The Bertz CT molecular complexity index is 641. The summed E-state index contributed by atoms with van der Waals surface area (Å²) >= 11 is 2.16. The molecule has 2 nitrogen and oxygen atoms in total. The van der Waals surface area contributed by atoms with Gasteiger partial charge in [0, 0.05) is 21.5 Å². The molecular weight excluding hydrogens is 392 g/mol. The predicted molar refractivity (Wildman–Crippen MR) is 84.0 cm³/mol. The fourth-order valence-corrected chi connectivity index (χ4v) is 2.94. The number of alkyl halides is 3. The zero-order valence-electron chi connectivity index (χ0n) is 11.5. The molecule has 0 saturated heterocycles. The number of hydrogen-bond acceptors (Lipinski definition) is 2. The maximum atomic E-state index is 13.2. The van der Waals surface area contributed by atoms with Gasteiger partial charge in [-0.2, -0.15) is 13.2 Å². The fourth-order valence-electron chi connectivity index (χ4n) is 2.27. The molecule has 1 unspecified atom stereocenters. The van der Waals surface area contributed by atoms with Crippen molar-refractivity contribution in [1.29, 1.82) is 0 Å². The number of pyridine rings is 1. The Morgan fingerprint density at radius 1 is 1.19 bits per heavy atom. The average Bonchev–Trinajstić information content (AvgIpc) is 2.44. The minimum absolute atomic E-state index is 0.135. The molecule has 1 atom stereocenters. The van der Waals surface area contributed by atoms with Gasteiger partial charge in [0.2, 0.25) is 0 Å². The molecule has 0 aliphatic rings. The molecule has 0 aliphatic carbocycles. The van der Waals surface area contributed by atoms with Gasteiger partial charge in [0.05, 0.1) is 11.6 Å². The third-order valence-corrected chi connectivity index (χ3v) is 4.76. The van der Waals surface area contributed by atoms with Gasteiger partial charge in [-0.1, -0.05) is 18.2 Å². The highest BCUT2D eigenvalue weighted by molar-refractivity contribution is 14.1. The van der Waals surface area contributed by atoms with Crippen molar-refractivity contribution in [2.45, 2.75) is 19.1 Å². The van der Waals surface area contributed by atoms with Crippen molar-refractivity contribution in [2.75, 3.05) is 7.05 Å². The molecule has 0 saturated carbocycles. The van der Waals surface area contributed by atoms with E-state index in [1.807, 2.05) is 25.1 Å². The molecule has 2 rings (SSSR count). The lowest BCUT2D eigenvalue weighted by Crippen LogP contribution is -2.23. The van der Waals surface area contributed by atoms with Crippen LogP contribution in [-0.4, -0.2) is 12.0 Å². The van der Waals surface area contributed by atoms with Crippen LogP contribution >= 0.6 is 22.6 Å². The molecule has 0 aliphatic heterocycles. The molecule has 1 aromatic heterocycles. The molecule has 0 bridgehead atoms. The van der Waals surface area contributed by atoms with Crippen molar-refractivity contribution in [3.05, 3.63) is 62.5 Å². The third kappa shape index (κ3) is 3.37. The van der Waals surface area contributed by atoms with Gasteiger partial charge in [-0.3, -0.25) is 4.98 Å². The van der Waals surface area contributed by atoms with Gasteiger partial charge in [0.1, 0.15) is 0 Å². The fraction of sp³-hybridized carbons (Fsp3) is 0.267. The highest BCUT2D eigenvalue weighted by Gasteiger charge is 2.35. The topological polar surface area (TPSA) is 24.9 Å². The molecule has 0 fully saturated rings. The quantitative estimate of drug-likeness (QED) is 0.769. The Hall–Kier alpha value is -1.15. The summed E-state index contributed by atoms with van der Waals surface area (Å²) in [5, 5.41) is 2.97. The molecule has 0 amide bonds. The number of aryl methyl sites for hydroxylation is 1. The van der Waals surface area contributed by atoms with Crippen LogP contribution in [0.4, 0.5) is 13.2 Å². The van der Waals surface area contributed by atoms with Crippen LogP contribution in [0.3, 0.4) is 0 Å². The van der Waals surface area contributed by atoms with E-state index in [-0.39, 0.29) is 5.56 Å². The van der Waals surface area contributed by atoms with Crippen molar-refractivity contribution in [2.24, 2.45) is 0 Å². The highest BCUT2D eigenvalue weighted by atomic mass is 127. The lowest BCUT2D eigenvalue weighted by Gasteiger charge is -2.23. The third-order valence-electron chi connectivity index (χ3n) is 3.29. The van der Waals surface area contributed by atoms with Gasteiger partial charge < -0.3 is 5.32 Å². The minimum atomic E-state index is -4.40. The zero-order chi connectivity index (χ0) is 15.6. The number of hydrogen-bond donors (Lipinski definition) is 1. The molecule has 1 heterocycles. The van der Waals surface area contributed by atoms with Crippen LogP contribution in [0.5, 0.6) is 0 Å². The zero-order valence-corrected chi connectivity index (χ0v) is 13.7. The Balaban J connectivity index is 2.60. The van der Waals surface area contributed by atoms with Gasteiger partial charge in [-0.25, -0.2) is 0 Å². The molecule has 21 heavy (non-hydrogen) atoms.